The standard InChI is InChI=1S/C18H23N5O2/c1-13-3-4-15(9-14(13)2)17-10-16(25-22-17)11-21-18(24)20-6-8-23-7-5-19-12-23/h3-5,7,9,12,16H,6,8,10-11H2,1-2H3,(H2,20,21,24)/t16-/m1/s1. The molecule has 1 aromatic heterocycles. The number of benzene rings is 1. The number of hydrogen-bond donors (Lipinski definition) is 2. The summed E-state index contributed by atoms with van der Waals surface area (Å²) in [4.78, 5) is 21.2. The van der Waals surface area contributed by atoms with Gasteiger partial charge in [-0.3, -0.25) is 0 Å². The van der Waals surface area contributed by atoms with Crippen LogP contribution in [0.2, 0.25) is 0 Å². The predicted molar refractivity (Wildman–Crippen MR) is 95.6 cm³/mol. The van der Waals surface area contributed by atoms with Crippen LogP contribution >= 0.6 is 0 Å². The van der Waals surface area contributed by atoms with Crippen molar-refractivity contribution in [1.82, 2.24) is 20.2 Å². The Labute approximate surface area is 147 Å². The van der Waals surface area contributed by atoms with E-state index in [1.165, 1.54) is 11.1 Å². The van der Waals surface area contributed by atoms with Gasteiger partial charge in [0, 0.05) is 31.9 Å². The van der Waals surface area contributed by atoms with E-state index in [1.807, 2.05) is 10.8 Å². The number of hydrogen-bond acceptors (Lipinski definition) is 4. The second-order valence-corrected chi connectivity index (χ2v) is 6.21. The molecule has 0 bridgehead atoms. The predicted octanol–water partition coefficient (Wildman–Crippen LogP) is 1.99. The van der Waals surface area contributed by atoms with Gasteiger partial charge >= 0.3 is 6.03 Å². The molecule has 3 rings (SSSR count). The number of rotatable bonds is 6. The Kier molecular flexibility index (Phi) is 5.33. The molecule has 0 fully saturated rings. The van der Waals surface area contributed by atoms with E-state index in [9.17, 15) is 4.79 Å². The first-order valence-electron chi connectivity index (χ1n) is 8.39. The van der Waals surface area contributed by atoms with Crippen LogP contribution in [0.4, 0.5) is 4.79 Å². The Morgan fingerprint density at radius 3 is 2.96 bits per heavy atom. The van der Waals surface area contributed by atoms with E-state index < -0.39 is 0 Å². The molecule has 2 aromatic rings. The number of oxime groups is 1. The van der Waals surface area contributed by atoms with Crippen molar-refractivity contribution in [3.63, 3.8) is 0 Å². The summed E-state index contributed by atoms with van der Waals surface area (Å²) in [6, 6.07) is 6.06. The van der Waals surface area contributed by atoms with Crippen LogP contribution < -0.4 is 10.6 Å². The number of aryl methyl sites for hydroxylation is 2. The molecular weight excluding hydrogens is 318 g/mol. The molecule has 1 aliphatic rings. The van der Waals surface area contributed by atoms with Crippen LogP contribution in [0.15, 0.2) is 42.1 Å². The summed E-state index contributed by atoms with van der Waals surface area (Å²) in [7, 11) is 0. The third-order valence-electron chi connectivity index (χ3n) is 4.28. The van der Waals surface area contributed by atoms with Crippen molar-refractivity contribution < 1.29 is 9.63 Å². The van der Waals surface area contributed by atoms with Crippen LogP contribution in [0.1, 0.15) is 23.1 Å². The van der Waals surface area contributed by atoms with Crippen LogP contribution in [-0.4, -0.2) is 40.5 Å². The van der Waals surface area contributed by atoms with Gasteiger partial charge < -0.3 is 20.0 Å². The van der Waals surface area contributed by atoms with Gasteiger partial charge in [0.05, 0.1) is 18.6 Å². The maximum absolute atomic E-state index is 11.8. The molecule has 0 saturated carbocycles. The summed E-state index contributed by atoms with van der Waals surface area (Å²) < 4.78 is 1.91. The van der Waals surface area contributed by atoms with Crippen LogP contribution in [0.25, 0.3) is 0 Å². The van der Waals surface area contributed by atoms with Crippen molar-refractivity contribution in [3.8, 4) is 0 Å². The Balaban J connectivity index is 1.38. The summed E-state index contributed by atoms with van der Waals surface area (Å²) in [6.45, 7) is 5.83. The molecular formula is C18H23N5O2. The van der Waals surface area contributed by atoms with E-state index in [0.717, 1.165) is 11.3 Å². The number of carbonyl (C=O) groups excluding carboxylic acids is 1. The van der Waals surface area contributed by atoms with Gasteiger partial charge in [0.2, 0.25) is 0 Å². The van der Waals surface area contributed by atoms with E-state index in [2.05, 4.69) is 52.8 Å². The lowest BCUT2D eigenvalue weighted by atomic mass is 10.0. The minimum absolute atomic E-state index is 0.129. The van der Waals surface area contributed by atoms with Crippen molar-refractivity contribution in [3.05, 3.63) is 53.6 Å². The van der Waals surface area contributed by atoms with Gasteiger partial charge in [-0.05, 0) is 36.6 Å². The highest BCUT2D eigenvalue weighted by atomic mass is 16.6. The summed E-state index contributed by atoms with van der Waals surface area (Å²) in [5, 5.41) is 9.80. The Morgan fingerprint density at radius 1 is 1.32 bits per heavy atom. The average molecular weight is 341 g/mol. The number of nitrogens with zero attached hydrogens (tertiary/aromatic N) is 3. The molecule has 25 heavy (non-hydrogen) atoms. The topological polar surface area (TPSA) is 80.5 Å². The third-order valence-corrected chi connectivity index (χ3v) is 4.28. The first kappa shape index (κ1) is 17.0. The number of aromatic nitrogens is 2. The van der Waals surface area contributed by atoms with Crippen LogP contribution in [-0.2, 0) is 11.4 Å². The fourth-order valence-corrected chi connectivity index (χ4v) is 2.62. The highest BCUT2D eigenvalue weighted by Gasteiger charge is 2.22. The Hall–Kier alpha value is -2.83. The number of carbonyl (C=O) groups is 1. The molecule has 1 aliphatic heterocycles. The second-order valence-electron chi connectivity index (χ2n) is 6.21. The van der Waals surface area contributed by atoms with Gasteiger partial charge in [0.15, 0.2) is 6.10 Å². The molecule has 0 radical (unpaired) electrons. The first-order chi connectivity index (χ1) is 12.1. The molecule has 1 atom stereocenters. The monoisotopic (exact) mass is 341 g/mol. The summed E-state index contributed by atoms with van der Waals surface area (Å²) >= 11 is 0. The molecule has 2 N–H and O–H groups in total. The Morgan fingerprint density at radius 2 is 2.20 bits per heavy atom. The quantitative estimate of drug-likeness (QED) is 0.843. The minimum Gasteiger partial charge on any atom is -0.390 e. The molecule has 0 unspecified atom stereocenters. The largest absolute Gasteiger partial charge is 0.390 e. The zero-order valence-corrected chi connectivity index (χ0v) is 14.5. The summed E-state index contributed by atoms with van der Waals surface area (Å²) in [5.74, 6) is 0. The third kappa shape index (κ3) is 4.59. The molecule has 2 heterocycles. The maximum atomic E-state index is 11.8. The average Bonchev–Trinajstić information content (AvgIpc) is 3.27. The van der Waals surface area contributed by atoms with Crippen molar-refractivity contribution in [2.75, 3.05) is 13.1 Å². The number of urea groups is 1. The normalized spacial score (nSPS) is 16.2. The smallest absolute Gasteiger partial charge is 0.314 e. The van der Waals surface area contributed by atoms with Gasteiger partial charge in [0.1, 0.15) is 0 Å². The molecule has 0 saturated heterocycles. The fraction of sp³-hybridized carbons (Fsp3) is 0.389. The van der Waals surface area contributed by atoms with Gasteiger partial charge in [-0.1, -0.05) is 17.3 Å². The summed E-state index contributed by atoms with van der Waals surface area (Å²) in [6.07, 6.45) is 5.86. The van der Waals surface area contributed by atoms with Gasteiger partial charge in [-0.2, -0.15) is 0 Å². The van der Waals surface area contributed by atoms with E-state index in [1.54, 1.807) is 12.5 Å². The second kappa shape index (κ2) is 7.83. The molecule has 0 aliphatic carbocycles. The zero-order chi connectivity index (χ0) is 17.6. The van der Waals surface area contributed by atoms with Gasteiger partial charge in [-0.25, -0.2) is 9.78 Å². The lowest BCUT2D eigenvalue weighted by molar-refractivity contribution is 0.0865. The SMILES string of the molecule is Cc1ccc(C2=NO[C@@H](CNC(=O)NCCn3ccnc3)C2)cc1C. The van der Waals surface area contributed by atoms with Crippen LogP contribution in [0, 0.1) is 13.8 Å². The van der Waals surface area contributed by atoms with Crippen LogP contribution in [0.5, 0.6) is 0 Å². The molecule has 0 spiro atoms. The van der Waals surface area contributed by atoms with E-state index in [-0.39, 0.29) is 12.1 Å². The van der Waals surface area contributed by atoms with E-state index in [0.29, 0.717) is 26.1 Å². The van der Waals surface area contributed by atoms with E-state index in [4.69, 9.17) is 4.84 Å². The lowest BCUT2D eigenvalue weighted by Gasteiger charge is -2.11. The minimum atomic E-state index is -0.205. The van der Waals surface area contributed by atoms with Gasteiger partial charge in [0.25, 0.3) is 0 Å². The van der Waals surface area contributed by atoms with Crippen molar-refractivity contribution in [2.24, 2.45) is 5.16 Å². The van der Waals surface area contributed by atoms with E-state index >= 15 is 0 Å². The molecule has 7 heteroatoms. The number of imidazole rings is 1. The lowest BCUT2D eigenvalue weighted by Crippen LogP contribution is -2.40. The first-order valence-corrected chi connectivity index (χ1v) is 8.39. The van der Waals surface area contributed by atoms with Crippen molar-refractivity contribution in [2.45, 2.75) is 32.9 Å². The number of nitrogens with one attached hydrogen (secondary N) is 2. The van der Waals surface area contributed by atoms with Gasteiger partial charge in [-0.15, -0.1) is 0 Å². The van der Waals surface area contributed by atoms with Crippen molar-refractivity contribution in [1.29, 1.82) is 0 Å². The maximum Gasteiger partial charge on any atom is 0.314 e. The molecule has 132 valence electrons. The highest BCUT2D eigenvalue weighted by molar-refractivity contribution is 6.01. The molecule has 7 nitrogen and oxygen atoms in total. The molecule has 2 amide bonds. The highest BCUT2D eigenvalue weighted by Crippen LogP contribution is 2.18. The van der Waals surface area contributed by atoms with Crippen LogP contribution in [0.3, 0.4) is 0 Å². The molecule has 1 aromatic carbocycles. The zero-order valence-electron chi connectivity index (χ0n) is 14.5. The Bertz CT molecular complexity index is 755. The summed E-state index contributed by atoms with van der Waals surface area (Å²) in [5.41, 5.74) is 4.50. The number of amides is 2. The fourth-order valence-electron chi connectivity index (χ4n) is 2.62. The van der Waals surface area contributed by atoms with Crippen molar-refractivity contribution >= 4 is 11.7 Å².